The molecule has 0 saturated heterocycles. The molecule has 0 bridgehead atoms. The first kappa shape index (κ1) is 26.7. The molecule has 0 saturated carbocycles. The van der Waals surface area contributed by atoms with Crippen molar-refractivity contribution in [3.63, 3.8) is 0 Å². The molecule has 0 radical (unpaired) electrons. The third kappa shape index (κ3) is 5.07. The van der Waals surface area contributed by atoms with E-state index in [1.165, 1.54) is 31.3 Å². The molecule has 0 spiro atoms. The normalized spacial score (nSPS) is 11.7. The first-order valence-electron chi connectivity index (χ1n) is 12.8. The number of furan rings is 1. The number of halogens is 1. The molecular formula is C31H24FN3O4S2. The van der Waals surface area contributed by atoms with Gasteiger partial charge >= 0.3 is 0 Å². The lowest BCUT2D eigenvalue weighted by molar-refractivity contribution is 0.0964. The predicted octanol–water partition coefficient (Wildman–Crippen LogP) is 7.30. The second kappa shape index (κ2) is 10.5. The predicted molar refractivity (Wildman–Crippen MR) is 162 cm³/mol. The van der Waals surface area contributed by atoms with Crippen LogP contribution in [0.2, 0.25) is 0 Å². The van der Waals surface area contributed by atoms with Crippen LogP contribution < -0.4 is 10.0 Å². The molecule has 0 unspecified atom stereocenters. The molecular weight excluding hydrogens is 561 g/mol. The van der Waals surface area contributed by atoms with Gasteiger partial charge in [0.1, 0.15) is 22.2 Å². The summed E-state index contributed by atoms with van der Waals surface area (Å²) < 4.78 is 48.9. The van der Waals surface area contributed by atoms with Crippen LogP contribution in [0.25, 0.3) is 54.2 Å². The van der Waals surface area contributed by atoms with Crippen molar-refractivity contribution in [2.24, 2.45) is 0 Å². The van der Waals surface area contributed by atoms with Crippen molar-refractivity contribution >= 4 is 54.1 Å². The summed E-state index contributed by atoms with van der Waals surface area (Å²) in [6.07, 6.45) is 0. The molecule has 0 aliphatic carbocycles. The maximum atomic E-state index is 13.7. The summed E-state index contributed by atoms with van der Waals surface area (Å²) in [4.78, 5) is 17.9. The Hall–Kier alpha value is -4.54. The molecule has 1 amide bonds. The number of benzene rings is 4. The van der Waals surface area contributed by atoms with Crippen molar-refractivity contribution in [1.29, 1.82) is 0 Å². The lowest BCUT2D eigenvalue weighted by Crippen LogP contribution is -2.18. The van der Waals surface area contributed by atoms with E-state index in [9.17, 15) is 17.6 Å². The quantitative estimate of drug-likeness (QED) is 0.205. The highest BCUT2D eigenvalue weighted by Crippen LogP contribution is 2.41. The van der Waals surface area contributed by atoms with E-state index in [-0.39, 0.29) is 23.0 Å². The molecule has 0 aliphatic rings. The van der Waals surface area contributed by atoms with E-state index < -0.39 is 15.8 Å². The van der Waals surface area contributed by atoms with Gasteiger partial charge < -0.3 is 9.73 Å². The monoisotopic (exact) mass is 585 g/mol. The van der Waals surface area contributed by atoms with Gasteiger partial charge in [-0.1, -0.05) is 30.3 Å². The molecule has 41 heavy (non-hydrogen) atoms. The van der Waals surface area contributed by atoms with Crippen LogP contribution in [0.5, 0.6) is 0 Å². The number of nitrogens with one attached hydrogen (secondary N) is 2. The van der Waals surface area contributed by atoms with Gasteiger partial charge in [0, 0.05) is 35.2 Å². The van der Waals surface area contributed by atoms with Gasteiger partial charge in [0.15, 0.2) is 0 Å². The maximum absolute atomic E-state index is 13.7. The summed E-state index contributed by atoms with van der Waals surface area (Å²) in [5, 5.41) is 3.97. The molecule has 2 N–H and O–H groups in total. The highest BCUT2D eigenvalue weighted by Gasteiger charge is 2.24. The highest BCUT2D eigenvalue weighted by atomic mass is 32.2. The van der Waals surface area contributed by atoms with Gasteiger partial charge in [-0.25, -0.2) is 17.8 Å². The van der Waals surface area contributed by atoms with Gasteiger partial charge in [0.2, 0.25) is 10.0 Å². The molecule has 0 fully saturated rings. The van der Waals surface area contributed by atoms with Crippen molar-refractivity contribution in [3.8, 4) is 33.0 Å². The number of para-hydroxylation sites is 1. The van der Waals surface area contributed by atoms with Gasteiger partial charge in [-0.05, 0) is 61.0 Å². The fraction of sp³-hybridized carbons (Fsp3) is 0.0968. The number of carbonyl (C=O) groups excluding carboxylic acids is 1. The Balaban J connectivity index is 1.58. The number of hydrogen-bond donors (Lipinski definition) is 2. The van der Waals surface area contributed by atoms with Gasteiger partial charge in [-0.15, -0.1) is 11.3 Å². The number of aromatic nitrogens is 1. The molecule has 2 heterocycles. The average Bonchev–Trinajstić information content (AvgIpc) is 3.58. The van der Waals surface area contributed by atoms with E-state index in [2.05, 4.69) is 10.0 Å². The van der Waals surface area contributed by atoms with Gasteiger partial charge in [0.25, 0.3) is 5.91 Å². The van der Waals surface area contributed by atoms with E-state index in [1.807, 2.05) is 48.5 Å². The standard InChI is InChI=1S/C31H24FN3O4S2/c1-3-41(37,38)35-25-17-26-23(28(30(36)33-2)29(39-26)18-11-13-21(32)14-12-18)16-22(25)19-7-6-8-20(15-19)31-34-24-9-4-5-10-27(24)40-31/h4-17,35H,3H2,1-2H3,(H,33,36). The number of rotatable bonds is 7. The Kier molecular flexibility index (Phi) is 6.80. The first-order valence-corrected chi connectivity index (χ1v) is 15.3. The summed E-state index contributed by atoms with van der Waals surface area (Å²) in [7, 11) is -2.14. The minimum absolute atomic E-state index is 0.126. The summed E-state index contributed by atoms with van der Waals surface area (Å²) in [5.41, 5.74) is 4.46. The van der Waals surface area contributed by atoms with Crippen LogP contribution in [0, 0.1) is 5.82 Å². The Labute approximate surface area is 239 Å². The van der Waals surface area contributed by atoms with Crippen molar-refractivity contribution in [3.05, 3.63) is 96.3 Å². The molecule has 0 aliphatic heterocycles. The number of anilines is 1. The van der Waals surface area contributed by atoms with Gasteiger partial charge in [0.05, 0.1) is 27.2 Å². The lowest BCUT2D eigenvalue weighted by atomic mass is 9.97. The van der Waals surface area contributed by atoms with Crippen molar-refractivity contribution in [1.82, 2.24) is 10.3 Å². The van der Waals surface area contributed by atoms with Crippen LogP contribution in [0.15, 0.2) is 89.3 Å². The molecule has 7 nitrogen and oxygen atoms in total. The van der Waals surface area contributed by atoms with E-state index in [1.54, 1.807) is 30.4 Å². The Bertz CT molecular complexity index is 2010. The topological polar surface area (TPSA) is 101 Å². The number of nitrogens with zero attached hydrogens (tertiary/aromatic N) is 1. The smallest absolute Gasteiger partial charge is 0.255 e. The molecule has 6 aromatic rings. The Morgan fingerprint density at radius 1 is 0.951 bits per heavy atom. The molecule has 206 valence electrons. The van der Waals surface area contributed by atoms with Gasteiger partial charge in [-0.3, -0.25) is 9.52 Å². The van der Waals surface area contributed by atoms with E-state index in [0.717, 1.165) is 26.4 Å². The average molecular weight is 586 g/mol. The van der Waals surface area contributed by atoms with E-state index in [0.29, 0.717) is 27.8 Å². The number of thiazole rings is 1. The molecule has 2 aromatic heterocycles. The number of hydrogen-bond acceptors (Lipinski definition) is 6. The zero-order valence-corrected chi connectivity index (χ0v) is 23.7. The second-order valence-corrected chi connectivity index (χ2v) is 12.4. The summed E-state index contributed by atoms with van der Waals surface area (Å²) in [6, 6.07) is 24.5. The molecule has 6 rings (SSSR count). The maximum Gasteiger partial charge on any atom is 0.255 e. The minimum Gasteiger partial charge on any atom is -0.455 e. The minimum atomic E-state index is -3.66. The Morgan fingerprint density at radius 3 is 2.44 bits per heavy atom. The van der Waals surface area contributed by atoms with Crippen molar-refractivity contribution in [2.75, 3.05) is 17.5 Å². The number of amides is 1. The van der Waals surface area contributed by atoms with Crippen molar-refractivity contribution < 1.29 is 22.0 Å². The summed E-state index contributed by atoms with van der Waals surface area (Å²) >= 11 is 1.57. The zero-order chi connectivity index (χ0) is 28.7. The van der Waals surface area contributed by atoms with Crippen LogP contribution in [0.1, 0.15) is 17.3 Å². The van der Waals surface area contributed by atoms with Crippen LogP contribution in [-0.4, -0.2) is 32.1 Å². The van der Waals surface area contributed by atoms with E-state index >= 15 is 0 Å². The SMILES string of the molecule is CCS(=O)(=O)Nc1cc2oc(-c3ccc(F)cc3)c(C(=O)NC)c2cc1-c1cccc(-c2nc3ccccc3s2)c1. The van der Waals surface area contributed by atoms with Crippen LogP contribution in [0.3, 0.4) is 0 Å². The zero-order valence-electron chi connectivity index (χ0n) is 22.1. The molecule has 10 heteroatoms. The third-order valence-corrected chi connectivity index (χ3v) is 9.13. The fourth-order valence-electron chi connectivity index (χ4n) is 4.68. The number of fused-ring (bicyclic) bond motifs is 2. The second-order valence-electron chi connectivity index (χ2n) is 9.36. The van der Waals surface area contributed by atoms with Crippen LogP contribution in [0.4, 0.5) is 10.1 Å². The fourth-order valence-corrected chi connectivity index (χ4v) is 6.29. The summed E-state index contributed by atoms with van der Waals surface area (Å²) in [5.74, 6) is -0.681. The Morgan fingerprint density at radius 2 is 1.71 bits per heavy atom. The third-order valence-electron chi connectivity index (χ3n) is 6.75. The van der Waals surface area contributed by atoms with E-state index in [4.69, 9.17) is 9.40 Å². The van der Waals surface area contributed by atoms with Crippen molar-refractivity contribution in [2.45, 2.75) is 6.92 Å². The molecule has 4 aromatic carbocycles. The van der Waals surface area contributed by atoms with Crippen LogP contribution >= 0.6 is 11.3 Å². The summed E-state index contributed by atoms with van der Waals surface area (Å²) in [6.45, 7) is 1.55. The van der Waals surface area contributed by atoms with Gasteiger partial charge in [-0.2, -0.15) is 0 Å². The largest absolute Gasteiger partial charge is 0.455 e. The first-order chi connectivity index (χ1) is 19.8. The lowest BCUT2D eigenvalue weighted by Gasteiger charge is -2.13. The number of sulfonamides is 1. The number of carbonyl (C=O) groups is 1. The highest BCUT2D eigenvalue weighted by molar-refractivity contribution is 7.92. The van der Waals surface area contributed by atoms with Crippen LogP contribution in [-0.2, 0) is 10.0 Å². The molecule has 0 atom stereocenters.